The van der Waals surface area contributed by atoms with Crippen molar-refractivity contribution in [3.8, 4) is 0 Å². The van der Waals surface area contributed by atoms with E-state index in [0.717, 1.165) is 5.56 Å². The molecule has 1 heterocycles. The first-order valence-corrected chi connectivity index (χ1v) is 5.97. The van der Waals surface area contributed by atoms with Crippen LogP contribution >= 0.6 is 11.3 Å². The highest BCUT2D eigenvalue weighted by molar-refractivity contribution is 7.07. The first-order chi connectivity index (χ1) is 8.13. The van der Waals surface area contributed by atoms with E-state index in [2.05, 4.69) is 10.6 Å². The molecule has 1 rings (SSSR count). The molecule has 0 aliphatic heterocycles. The molecule has 0 aliphatic rings. The summed E-state index contributed by atoms with van der Waals surface area (Å²) in [5, 5.41) is 25.9. The van der Waals surface area contributed by atoms with Crippen molar-refractivity contribution in [1.29, 1.82) is 0 Å². The van der Waals surface area contributed by atoms with E-state index < -0.39 is 24.6 Å². The molecule has 0 radical (unpaired) electrons. The van der Waals surface area contributed by atoms with E-state index in [4.69, 9.17) is 10.2 Å². The third-order valence-electron chi connectivity index (χ3n) is 2.07. The second kappa shape index (κ2) is 6.87. The third kappa shape index (κ3) is 4.83. The minimum Gasteiger partial charge on any atom is -0.480 e. The minimum atomic E-state index is -1.27. The summed E-state index contributed by atoms with van der Waals surface area (Å²) >= 11 is 1.58. The SMILES string of the molecule is O=C(NCCc1ccsc1)NC(CO)C(=O)O. The standard InChI is InChI=1S/C10H14N2O4S/c13-5-8(9(14)15)12-10(16)11-3-1-7-2-4-17-6-7/h2,4,6,8,13H,1,3,5H2,(H,14,15)(H2,11,12,16). The van der Waals surface area contributed by atoms with Gasteiger partial charge in [0.2, 0.25) is 0 Å². The second-order valence-electron chi connectivity index (χ2n) is 3.36. The zero-order chi connectivity index (χ0) is 12.7. The lowest BCUT2D eigenvalue weighted by molar-refractivity contribution is -0.140. The van der Waals surface area contributed by atoms with Crippen LogP contribution in [0.15, 0.2) is 16.8 Å². The van der Waals surface area contributed by atoms with Crippen LogP contribution in [0.1, 0.15) is 5.56 Å². The second-order valence-corrected chi connectivity index (χ2v) is 4.14. The van der Waals surface area contributed by atoms with Gasteiger partial charge in [0.15, 0.2) is 6.04 Å². The average molecular weight is 258 g/mol. The van der Waals surface area contributed by atoms with Crippen LogP contribution < -0.4 is 10.6 Å². The quantitative estimate of drug-likeness (QED) is 0.579. The number of nitrogens with one attached hydrogen (secondary N) is 2. The van der Waals surface area contributed by atoms with Gasteiger partial charge >= 0.3 is 12.0 Å². The molecule has 0 spiro atoms. The monoisotopic (exact) mass is 258 g/mol. The highest BCUT2D eigenvalue weighted by atomic mass is 32.1. The number of urea groups is 1. The Kier molecular flexibility index (Phi) is 5.44. The van der Waals surface area contributed by atoms with Crippen molar-refractivity contribution >= 4 is 23.3 Å². The number of aliphatic hydroxyl groups excluding tert-OH is 1. The summed E-state index contributed by atoms with van der Waals surface area (Å²) in [4.78, 5) is 21.8. The van der Waals surface area contributed by atoms with Crippen molar-refractivity contribution in [2.45, 2.75) is 12.5 Å². The lowest BCUT2D eigenvalue weighted by Gasteiger charge is -2.12. The molecule has 1 aromatic rings. The Bertz CT molecular complexity index is 366. The van der Waals surface area contributed by atoms with Crippen LogP contribution in [0.4, 0.5) is 4.79 Å². The van der Waals surface area contributed by atoms with Gasteiger partial charge in [0.05, 0.1) is 6.61 Å². The lowest BCUT2D eigenvalue weighted by atomic mass is 10.2. The Morgan fingerprint density at radius 2 is 2.24 bits per heavy atom. The summed E-state index contributed by atoms with van der Waals surface area (Å²) in [6.07, 6.45) is 0.688. The van der Waals surface area contributed by atoms with Crippen LogP contribution in [0.2, 0.25) is 0 Å². The van der Waals surface area contributed by atoms with E-state index in [1.165, 1.54) is 0 Å². The average Bonchev–Trinajstić information content (AvgIpc) is 2.78. The predicted molar refractivity (Wildman–Crippen MR) is 63.1 cm³/mol. The molecule has 17 heavy (non-hydrogen) atoms. The van der Waals surface area contributed by atoms with E-state index in [1.54, 1.807) is 11.3 Å². The molecule has 0 fully saturated rings. The molecule has 0 bridgehead atoms. The number of hydrogen-bond acceptors (Lipinski definition) is 4. The molecular formula is C10H14N2O4S. The van der Waals surface area contributed by atoms with Gasteiger partial charge in [-0.15, -0.1) is 0 Å². The molecule has 94 valence electrons. The fourth-order valence-electron chi connectivity index (χ4n) is 1.15. The summed E-state index contributed by atoms with van der Waals surface area (Å²) in [5.74, 6) is -1.26. The van der Waals surface area contributed by atoms with Gasteiger partial charge in [-0.05, 0) is 28.8 Å². The summed E-state index contributed by atoms with van der Waals surface area (Å²) in [6, 6.07) is 0.0933. The molecule has 2 amide bonds. The topological polar surface area (TPSA) is 98.7 Å². The number of carboxylic acid groups (broad SMARTS) is 1. The van der Waals surface area contributed by atoms with Gasteiger partial charge in [-0.1, -0.05) is 0 Å². The summed E-state index contributed by atoms with van der Waals surface area (Å²) in [7, 11) is 0. The van der Waals surface area contributed by atoms with Gasteiger partial charge in [-0.3, -0.25) is 0 Å². The summed E-state index contributed by atoms with van der Waals surface area (Å²) < 4.78 is 0. The van der Waals surface area contributed by atoms with Crippen molar-refractivity contribution in [2.24, 2.45) is 0 Å². The number of carboxylic acids is 1. The number of carbonyl (C=O) groups is 2. The largest absolute Gasteiger partial charge is 0.480 e. The molecule has 1 unspecified atom stereocenters. The van der Waals surface area contributed by atoms with Crippen molar-refractivity contribution in [2.75, 3.05) is 13.2 Å². The van der Waals surface area contributed by atoms with E-state index in [1.807, 2.05) is 16.8 Å². The molecular weight excluding hydrogens is 244 g/mol. The Hall–Kier alpha value is -1.60. The molecule has 0 saturated heterocycles. The van der Waals surface area contributed by atoms with Crippen LogP contribution in [-0.4, -0.2) is 41.4 Å². The Morgan fingerprint density at radius 1 is 1.47 bits per heavy atom. The number of amides is 2. The first kappa shape index (κ1) is 13.5. The number of rotatable bonds is 6. The maximum absolute atomic E-state index is 11.3. The van der Waals surface area contributed by atoms with Gasteiger partial charge in [0.25, 0.3) is 0 Å². The van der Waals surface area contributed by atoms with Gasteiger partial charge in [0, 0.05) is 6.54 Å². The summed E-state index contributed by atoms with van der Waals surface area (Å²) in [6.45, 7) is -0.215. The van der Waals surface area contributed by atoms with Gasteiger partial charge in [-0.2, -0.15) is 11.3 Å². The van der Waals surface area contributed by atoms with E-state index in [-0.39, 0.29) is 0 Å². The van der Waals surface area contributed by atoms with Gasteiger partial charge in [-0.25, -0.2) is 9.59 Å². The van der Waals surface area contributed by atoms with Crippen molar-refractivity contribution in [3.05, 3.63) is 22.4 Å². The number of aliphatic hydroxyl groups is 1. The predicted octanol–water partition coefficient (Wildman–Crippen LogP) is 0.0353. The Balaban J connectivity index is 2.23. The van der Waals surface area contributed by atoms with E-state index in [9.17, 15) is 9.59 Å². The van der Waals surface area contributed by atoms with Crippen LogP contribution in [0.5, 0.6) is 0 Å². The van der Waals surface area contributed by atoms with Crippen LogP contribution in [0, 0.1) is 0 Å². The normalized spacial score (nSPS) is 11.8. The third-order valence-corrected chi connectivity index (χ3v) is 2.80. The smallest absolute Gasteiger partial charge is 0.328 e. The highest BCUT2D eigenvalue weighted by Crippen LogP contribution is 2.05. The van der Waals surface area contributed by atoms with Crippen LogP contribution in [0.3, 0.4) is 0 Å². The molecule has 0 aromatic carbocycles. The lowest BCUT2D eigenvalue weighted by Crippen LogP contribution is -2.48. The van der Waals surface area contributed by atoms with Crippen molar-refractivity contribution < 1.29 is 19.8 Å². The number of carbonyl (C=O) groups excluding carboxylic acids is 1. The Morgan fingerprint density at radius 3 is 2.76 bits per heavy atom. The fourth-order valence-corrected chi connectivity index (χ4v) is 1.85. The Labute approximate surface area is 102 Å². The summed E-state index contributed by atoms with van der Waals surface area (Å²) in [5.41, 5.74) is 1.12. The number of hydrogen-bond donors (Lipinski definition) is 4. The highest BCUT2D eigenvalue weighted by Gasteiger charge is 2.17. The first-order valence-electron chi connectivity index (χ1n) is 5.02. The molecule has 4 N–H and O–H groups in total. The van der Waals surface area contributed by atoms with Gasteiger partial charge < -0.3 is 20.8 Å². The van der Waals surface area contributed by atoms with Crippen LogP contribution in [-0.2, 0) is 11.2 Å². The molecule has 1 atom stereocenters. The minimum absolute atomic E-state index is 0.417. The zero-order valence-electron chi connectivity index (χ0n) is 9.05. The van der Waals surface area contributed by atoms with Gasteiger partial charge in [0.1, 0.15) is 0 Å². The molecule has 6 nitrogen and oxygen atoms in total. The number of thiophene rings is 1. The molecule has 0 aliphatic carbocycles. The molecule has 1 aromatic heterocycles. The van der Waals surface area contributed by atoms with E-state index >= 15 is 0 Å². The maximum atomic E-state index is 11.3. The fraction of sp³-hybridized carbons (Fsp3) is 0.400. The van der Waals surface area contributed by atoms with E-state index in [0.29, 0.717) is 13.0 Å². The molecule has 0 saturated carbocycles. The van der Waals surface area contributed by atoms with Crippen molar-refractivity contribution in [3.63, 3.8) is 0 Å². The number of aliphatic carboxylic acids is 1. The van der Waals surface area contributed by atoms with Crippen LogP contribution in [0.25, 0.3) is 0 Å². The zero-order valence-corrected chi connectivity index (χ0v) is 9.87. The molecule has 7 heteroatoms. The van der Waals surface area contributed by atoms with Crippen molar-refractivity contribution in [1.82, 2.24) is 10.6 Å². The maximum Gasteiger partial charge on any atom is 0.328 e.